The first-order valence-electron chi connectivity index (χ1n) is 8.44. The minimum Gasteiger partial charge on any atom is -0.398 e. The molecule has 2 fully saturated rings. The predicted octanol–water partition coefficient (Wildman–Crippen LogP) is 5.03. The van der Waals surface area contributed by atoms with Crippen LogP contribution < -0.4 is 0 Å². The highest BCUT2D eigenvalue weighted by atomic mass is 28.4. The van der Waals surface area contributed by atoms with E-state index >= 15 is 0 Å². The quantitative estimate of drug-likeness (QED) is 0.521. The smallest absolute Gasteiger partial charge is 0.337 e. The summed E-state index contributed by atoms with van der Waals surface area (Å²) in [5, 5.41) is 0. The highest BCUT2D eigenvalue weighted by Gasteiger charge is 2.41. The summed E-state index contributed by atoms with van der Waals surface area (Å²) in [7, 11) is -0.0401. The van der Waals surface area contributed by atoms with Crippen molar-refractivity contribution in [1.82, 2.24) is 0 Å². The zero-order valence-corrected chi connectivity index (χ0v) is 14.0. The summed E-state index contributed by atoms with van der Waals surface area (Å²) >= 11 is 0. The molecular weight excluding hydrogens is 252 g/mol. The maximum Gasteiger partial charge on any atom is 0.337 e. The molecule has 1 atom stereocenters. The molecule has 19 heavy (non-hydrogen) atoms. The fourth-order valence-electron chi connectivity index (χ4n) is 3.78. The molecule has 0 spiro atoms. The summed E-state index contributed by atoms with van der Waals surface area (Å²) in [6.45, 7) is 3.27. The minimum absolute atomic E-state index is 0.733. The van der Waals surface area contributed by atoms with Crippen LogP contribution in [0.2, 0.25) is 12.1 Å². The van der Waals surface area contributed by atoms with E-state index < -0.39 is 8.56 Å². The fraction of sp³-hybridized carbons (Fsp3) is 1.00. The summed E-state index contributed by atoms with van der Waals surface area (Å²) in [6, 6.07) is 0. The monoisotopic (exact) mass is 284 g/mol. The van der Waals surface area contributed by atoms with Gasteiger partial charge in [-0.15, -0.1) is 0 Å². The average molecular weight is 285 g/mol. The van der Waals surface area contributed by atoms with Gasteiger partial charge in [0, 0.05) is 19.3 Å². The third-order valence-corrected chi connectivity index (χ3v) is 8.94. The lowest BCUT2D eigenvalue weighted by Crippen LogP contribution is -2.44. The van der Waals surface area contributed by atoms with Crippen molar-refractivity contribution in [1.29, 1.82) is 0 Å². The van der Waals surface area contributed by atoms with Gasteiger partial charge >= 0.3 is 8.56 Å². The number of hydrogen-bond donors (Lipinski definition) is 0. The SMILES string of the molecule is CO[Si](C)(OCC1CCCCCC1)C1CCCCC1. The minimum atomic E-state index is -1.92. The van der Waals surface area contributed by atoms with Crippen molar-refractivity contribution in [2.24, 2.45) is 5.92 Å². The topological polar surface area (TPSA) is 18.5 Å². The first kappa shape index (κ1) is 15.5. The van der Waals surface area contributed by atoms with Gasteiger partial charge in [0.1, 0.15) is 0 Å². The van der Waals surface area contributed by atoms with E-state index in [-0.39, 0.29) is 0 Å². The number of hydrogen-bond acceptors (Lipinski definition) is 2. The van der Waals surface area contributed by atoms with Gasteiger partial charge in [0.2, 0.25) is 0 Å². The molecule has 1 unspecified atom stereocenters. The molecule has 112 valence electrons. The molecule has 0 radical (unpaired) electrons. The van der Waals surface area contributed by atoms with Gasteiger partial charge < -0.3 is 8.85 Å². The van der Waals surface area contributed by atoms with Crippen molar-refractivity contribution in [3.8, 4) is 0 Å². The Labute approximate surface area is 120 Å². The van der Waals surface area contributed by atoms with Crippen LogP contribution in [0, 0.1) is 5.92 Å². The molecule has 0 heterocycles. The highest BCUT2D eigenvalue weighted by Crippen LogP contribution is 2.38. The highest BCUT2D eigenvalue weighted by molar-refractivity contribution is 6.67. The van der Waals surface area contributed by atoms with Crippen molar-refractivity contribution < 1.29 is 8.85 Å². The lowest BCUT2D eigenvalue weighted by Gasteiger charge is -2.36. The standard InChI is InChI=1S/C16H32O2Si/c1-17-19(2,16-12-8-5-9-13-16)18-14-15-10-6-3-4-7-11-15/h15-16H,3-14H2,1-2H3. The molecule has 0 amide bonds. The van der Waals surface area contributed by atoms with Gasteiger partial charge in [-0.25, -0.2) is 0 Å². The fourth-order valence-corrected chi connectivity index (χ4v) is 6.49. The summed E-state index contributed by atoms with van der Waals surface area (Å²) in [5.74, 6) is 0.799. The molecule has 2 rings (SSSR count). The van der Waals surface area contributed by atoms with Crippen LogP contribution in [0.1, 0.15) is 70.6 Å². The van der Waals surface area contributed by atoms with Gasteiger partial charge in [0.15, 0.2) is 0 Å². The van der Waals surface area contributed by atoms with Gasteiger partial charge in [-0.2, -0.15) is 0 Å². The predicted molar refractivity (Wildman–Crippen MR) is 82.6 cm³/mol. The van der Waals surface area contributed by atoms with Crippen molar-refractivity contribution in [3.63, 3.8) is 0 Å². The molecule has 0 aromatic rings. The van der Waals surface area contributed by atoms with Gasteiger partial charge in [-0.1, -0.05) is 44.9 Å². The van der Waals surface area contributed by atoms with E-state index in [9.17, 15) is 0 Å². The summed E-state index contributed by atoms with van der Waals surface area (Å²) in [6.07, 6.45) is 15.3. The Bertz CT molecular complexity index is 245. The van der Waals surface area contributed by atoms with Gasteiger partial charge in [-0.05, 0) is 38.1 Å². The van der Waals surface area contributed by atoms with E-state index in [1.54, 1.807) is 0 Å². The Morgan fingerprint density at radius 3 is 1.95 bits per heavy atom. The first-order valence-corrected chi connectivity index (χ1v) is 10.8. The van der Waals surface area contributed by atoms with Crippen LogP contribution in [0.15, 0.2) is 0 Å². The van der Waals surface area contributed by atoms with Crippen molar-refractivity contribution in [2.75, 3.05) is 13.7 Å². The van der Waals surface area contributed by atoms with Gasteiger partial charge in [0.25, 0.3) is 0 Å². The second-order valence-electron chi connectivity index (χ2n) is 6.72. The second kappa shape index (κ2) is 7.80. The lowest BCUT2D eigenvalue weighted by molar-refractivity contribution is 0.150. The van der Waals surface area contributed by atoms with Crippen LogP contribution >= 0.6 is 0 Å². The third-order valence-electron chi connectivity index (χ3n) is 5.33. The van der Waals surface area contributed by atoms with E-state index in [1.165, 1.54) is 70.6 Å². The Morgan fingerprint density at radius 1 is 0.842 bits per heavy atom. The first-order chi connectivity index (χ1) is 9.24. The molecule has 3 heteroatoms. The Balaban J connectivity index is 1.82. The van der Waals surface area contributed by atoms with Gasteiger partial charge in [-0.3, -0.25) is 0 Å². The zero-order chi connectivity index (χ0) is 13.6. The second-order valence-corrected chi connectivity index (χ2v) is 10.3. The molecule has 0 N–H and O–H groups in total. The Hall–Kier alpha value is 0.137. The van der Waals surface area contributed by atoms with E-state index in [1.807, 2.05) is 7.11 Å². The Kier molecular flexibility index (Phi) is 6.37. The molecule has 0 aromatic carbocycles. The van der Waals surface area contributed by atoms with Crippen molar-refractivity contribution in [3.05, 3.63) is 0 Å². The summed E-state index contributed by atoms with van der Waals surface area (Å²) in [4.78, 5) is 0. The molecule has 0 aliphatic heterocycles. The molecule has 2 nitrogen and oxygen atoms in total. The largest absolute Gasteiger partial charge is 0.398 e. The molecule has 2 aliphatic rings. The molecule has 0 bridgehead atoms. The van der Waals surface area contributed by atoms with Crippen LogP contribution in [0.5, 0.6) is 0 Å². The molecule has 2 saturated carbocycles. The van der Waals surface area contributed by atoms with E-state index in [0.717, 1.165) is 18.1 Å². The van der Waals surface area contributed by atoms with Crippen molar-refractivity contribution in [2.45, 2.75) is 82.7 Å². The van der Waals surface area contributed by atoms with Crippen LogP contribution in [0.3, 0.4) is 0 Å². The van der Waals surface area contributed by atoms with E-state index in [4.69, 9.17) is 8.85 Å². The lowest BCUT2D eigenvalue weighted by atomic mass is 10.0. The third kappa shape index (κ3) is 4.57. The van der Waals surface area contributed by atoms with E-state index in [0.29, 0.717) is 0 Å². The van der Waals surface area contributed by atoms with Crippen LogP contribution in [0.4, 0.5) is 0 Å². The number of rotatable bonds is 5. The van der Waals surface area contributed by atoms with Crippen molar-refractivity contribution >= 4 is 8.56 Å². The molecule has 0 aromatic heterocycles. The Morgan fingerprint density at radius 2 is 1.37 bits per heavy atom. The summed E-state index contributed by atoms with van der Waals surface area (Å²) < 4.78 is 12.3. The normalized spacial score (nSPS) is 26.8. The average Bonchev–Trinajstić information content (AvgIpc) is 2.74. The molecule has 2 aliphatic carbocycles. The van der Waals surface area contributed by atoms with Gasteiger partial charge in [0.05, 0.1) is 0 Å². The maximum atomic E-state index is 6.43. The van der Waals surface area contributed by atoms with Crippen LogP contribution in [-0.2, 0) is 8.85 Å². The van der Waals surface area contributed by atoms with Crippen LogP contribution in [-0.4, -0.2) is 22.3 Å². The maximum absolute atomic E-state index is 6.43. The molecular formula is C16H32O2Si. The van der Waals surface area contributed by atoms with Crippen LogP contribution in [0.25, 0.3) is 0 Å². The zero-order valence-electron chi connectivity index (χ0n) is 13.0. The van der Waals surface area contributed by atoms with E-state index in [2.05, 4.69) is 6.55 Å². The summed E-state index contributed by atoms with van der Waals surface area (Å²) in [5.41, 5.74) is 0.733. The molecule has 0 saturated heterocycles.